The van der Waals surface area contributed by atoms with Gasteiger partial charge in [0.1, 0.15) is 0 Å². The molecular weight excluding hydrogens is 759 g/mol. The van der Waals surface area contributed by atoms with Crippen LogP contribution in [0.2, 0.25) is 0 Å². The van der Waals surface area contributed by atoms with E-state index in [1.54, 1.807) is 0 Å². The van der Waals surface area contributed by atoms with Crippen molar-refractivity contribution >= 4 is 38.6 Å². The first-order valence-corrected chi connectivity index (χ1v) is 21.7. The average Bonchev–Trinajstić information content (AvgIpc) is 3.37. The molecule has 0 aliphatic heterocycles. The lowest BCUT2D eigenvalue weighted by atomic mass is 9.89. The van der Waals surface area contributed by atoms with Crippen molar-refractivity contribution in [3.63, 3.8) is 0 Å². The van der Waals surface area contributed by atoms with Crippen LogP contribution in [-0.2, 0) is 0 Å². The smallest absolute Gasteiger partial charge is 0.0540 e. The van der Waals surface area contributed by atoms with Crippen molar-refractivity contribution in [3.05, 3.63) is 261 Å². The quantitative estimate of drug-likeness (QED) is 0.141. The summed E-state index contributed by atoms with van der Waals surface area (Å²) in [7, 11) is 0. The Bertz CT molecular complexity index is 3350. The van der Waals surface area contributed by atoms with Gasteiger partial charge in [0.15, 0.2) is 0 Å². The average molecular weight is 802 g/mol. The van der Waals surface area contributed by atoms with Crippen LogP contribution in [0, 0.1) is 0 Å². The molecule has 0 N–H and O–H groups in total. The number of hydrogen-bond donors (Lipinski definition) is 0. The Morgan fingerprint density at radius 1 is 0.222 bits per heavy atom. The Balaban J connectivity index is 1.04. The van der Waals surface area contributed by atoms with Gasteiger partial charge >= 0.3 is 0 Å². The van der Waals surface area contributed by atoms with E-state index in [0.717, 1.165) is 28.2 Å². The van der Waals surface area contributed by atoms with E-state index in [2.05, 4.69) is 266 Å². The highest BCUT2D eigenvalue weighted by atomic mass is 15.1. The summed E-state index contributed by atoms with van der Waals surface area (Å²) in [6, 6.07) is 94.7. The molecule has 0 amide bonds. The third kappa shape index (κ3) is 7.47. The zero-order valence-corrected chi connectivity index (χ0v) is 34.8. The summed E-state index contributed by atoms with van der Waals surface area (Å²) >= 11 is 0. The molecule has 1 heteroatoms. The Labute approximate surface area is 369 Å². The molecule has 0 radical (unpaired) electrons. The minimum absolute atomic E-state index is 1.08. The van der Waals surface area contributed by atoms with Crippen molar-refractivity contribution in [2.45, 2.75) is 0 Å². The van der Waals surface area contributed by atoms with Crippen LogP contribution in [0.1, 0.15) is 0 Å². The van der Waals surface area contributed by atoms with E-state index in [9.17, 15) is 0 Å². The number of hydrogen-bond acceptors (Lipinski definition) is 1. The molecule has 11 aromatic carbocycles. The lowest BCUT2D eigenvalue weighted by Gasteiger charge is -2.29. The minimum atomic E-state index is 1.08. The Morgan fingerprint density at radius 3 is 1.35 bits per heavy atom. The predicted octanol–water partition coefficient (Wildman–Crippen LogP) is 17.5. The van der Waals surface area contributed by atoms with Crippen molar-refractivity contribution < 1.29 is 0 Å². The lowest BCUT2D eigenvalue weighted by Crippen LogP contribution is -2.11. The van der Waals surface area contributed by atoms with E-state index >= 15 is 0 Å². The Kier molecular flexibility index (Phi) is 9.97. The number of anilines is 3. The second kappa shape index (κ2) is 16.7. The van der Waals surface area contributed by atoms with Crippen LogP contribution in [-0.4, -0.2) is 0 Å². The van der Waals surface area contributed by atoms with Crippen LogP contribution in [0.15, 0.2) is 261 Å². The van der Waals surface area contributed by atoms with Gasteiger partial charge < -0.3 is 4.90 Å². The van der Waals surface area contributed by atoms with Crippen LogP contribution in [0.25, 0.3) is 88.3 Å². The maximum atomic E-state index is 2.41. The summed E-state index contributed by atoms with van der Waals surface area (Å²) in [4.78, 5) is 2.41. The molecule has 63 heavy (non-hydrogen) atoms. The molecule has 0 unspecified atom stereocenters. The van der Waals surface area contributed by atoms with Crippen molar-refractivity contribution in [3.8, 4) is 66.8 Å². The van der Waals surface area contributed by atoms with E-state index < -0.39 is 0 Å². The van der Waals surface area contributed by atoms with Gasteiger partial charge in [0, 0.05) is 16.9 Å². The van der Waals surface area contributed by atoms with Gasteiger partial charge in [-0.3, -0.25) is 0 Å². The molecule has 0 fully saturated rings. The monoisotopic (exact) mass is 801 g/mol. The van der Waals surface area contributed by atoms with Gasteiger partial charge in [0.25, 0.3) is 0 Å². The van der Waals surface area contributed by atoms with E-state index in [0.29, 0.717) is 0 Å². The fraction of sp³-hybridized carbons (Fsp3) is 0. The van der Waals surface area contributed by atoms with Crippen LogP contribution >= 0.6 is 0 Å². The summed E-state index contributed by atoms with van der Waals surface area (Å²) in [6.45, 7) is 0. The van der Waals surface area contributed by atoms with E-state index in [4.69, 9.17) is 0 Å². The maximum Gasteiger partial charge on any atom is 0.0540 e. The van der Waals surface area contributed by atoms with Gasteiger partial charge in [-0.15, -0.1) is 0 Å². The highest BCUT2D eigenvalue weighted by molar-refractivity contribution is 6.04. The van der Waals surface area contributed by atoms with Crippen molar-refractivity contribution in [1.82, 2.24) is 0 Å². The van der Waals surface area contributed by atoms with Crippen molar-refractivity contribution in [1.29, 1.82) is 0 Å². The molecule has 296 valence electrons. The van der Waals surface area contributed by atoms with Crippen molar-refractivity contribution in [2.75, 3.05) is 4.90 Å². The minimum Gasteiger partial charge on any atom is -0.310 e. The standard InChI is InChI=1S/C62H43N/c1-4-15-44(16-5-1)55-34-40-61(60(43-55)48-20-8-3-9-21-48)63(56-35-29-46(30-36-56)52-24-14-25-53(41-52)54-28-27-45-17-10-11-23-51(45)42-54)57-37-31-50(32-38-57)62-58-26-13-12-22-49(58)33-39-59(62)47-18-6-2-7-19-47/h1-43H. The number of nitrogens with zero attached hydrogens (tertiary/aromatic N) is 1. The van der Waals surface area contributed by atoms with Crippen LogP contribution in [0.5, 0.6) is 0 Å². The van der Waals surface area contributed by atoms with Crippen LogP contribution < -0.4 is 4.90 Å². The first-order chi connectivity index (χ1) is 31.2. The fourth-order valence-corrected chi connectivity index (χ4v) is 9.09. The highest BCUT2D eigenvalue weighted by Crippen LogP contribution is 2.45. The third-order valence-corrected chi connectivity index (χ3v) is 12.3. The Morgan fingerprint density at radius 2 is 0.667 bits per heavy atom. The number of rotatable bonds is 9. The molecule has 0 heterocycles. The molecular formula is C62H43N. The zero-order chi connectivity index (χ0) is 42.0. The third-order valence-electron chi connectivity index (χ3n) is 12.3. The number of fused-ring (bicyclic) bond motifs is 2. The summed E-state index contributed by atoms with van der Waals surface area (Å²) in [5, 5.41) is 4.97. The summed E-state index contributed by atoms with van der Waals surface area (Å²) < 4.78 is 0. The molecule has 1 nitrogen and oxygen atoms in total. The second-order valence-corrected chi connectivity index (χ2v) is 16.1. The van der Waals surface area contributed by atoms with E-state index in [1.165, 1.54) is 77.2 Å². The SMILES string of the molecule is c1ccc(-c2ccc(N(c3ccc(-c4cccc(-c5ccc6ccccc6c5)c4)cc3)c3ccc(-c4c(-c5ccccc5)ccc5ccccc45)cc3)c(-c3ccccc3)c2)cc1. The summed E-state index contributed by atoms with van der Waals surface area (Å²) in [6.07, 6.45) is 0. The first kappa shape index (κ1) is 37.7. The molecule has 0 aliphatic carbocycles. The summed E-state index contributed by atoms with van der Waals surface area (Å²) in [5.74, 6) is 0. The van der Waals surface area contributed by atoms with Gasteiger partial charge in [-0.1, -0.05) is 212 Å². The zero-order valence-electron chi connectivity index (χ0n) is 34.8. The normalized spacial score (nSPS) is 11.2. The van der Waals surface area contributed by atoms with Gasteiger partial charge in [-0.2, -0.15) is 0 Å². The highest BCUT2D eigenvalue weighted by Gasteiger charge is 2.20. The van der Waals surface area contributed by atoms with Gasteiger partial charge in [0.2, 0.25) is 0 Å². The molecule has 0 aromatic heterocycles. The Hall–Kier alpha value is -8.26. The van der Waals surface area contributed by atoms with Crippen LogP contribution in [0.4, 0.5) is 17.1 Å². The number of benzene rings is 11. The molecule has 0 saturated carbocycles. The molecule has 0 atom stereocenters. The van der Waals surface area contributed by atoms with Crippen molar-refractivity contribution in [2.24, 2.45) is 0 Å². The maximum absolute atomic E-state index is 2.41. The molecule has 0 spiro atoms. The molecule has 0 bridgehead atoms. The van der Waals surface area contributed by atoms with E-state index in [1.807, 2.05) is 0 Å². The molecule has 0 saturated heterocycles. The second-order valence-electron chi connectivity index (χ2n) is 16.1. The van der Waals surface area contributed by atoms with Crippen LogP contribution in [0.3, 0.4) is 0 Å². The van der Waals surface area contributed by atoms with Gasteiger partial charge in [-0.05, 0) is 131 Å². The van der Waals surface area contributed by atoms with Gasteiger partial charge in [0.05, 0.1) is 5.69 Å². The lowest BCUT2D eigenvalue weighted by molar-refractivity contribution is 1.28. The molecule has 11 aromatic rings. The predicted molar refractivity (Wildman–Crippen MR) is 269 cm³/mol. The van der Waals surface area contributed by atoms with Gasteiger partial charge in [-0.25, -0.2) is 0 Å². The molecule has 0 aliphatic rings. The molecule has 11 rings (SSSR count). The first-order valence-electron chi connectivity index (χ1n) is 21.7. The van der Waals surface area contributed by atoms with E-state index in [-0.39, 0.29) is 0 Å². The summed E-state index contributed by atoms with van der Waals surface area (Å²) in [5.41, 5.74) is 17.6. The topological polar surface area (TPSA) is 3.24 Å². The fourth-order valence-electron chi connectivity index (χ4n) is 9.09. The largest absolute Gasteiger partial charge is 0.310 e.